The van der Waals surface area contributed by atoms with Crippen LogP contribution in [0.25, 0.3) is 0 Å². The number of aromatic nitrogens is 3. The average Bonchev–Trinajstić information content (AvgIpc) is 2.57. The first-order valence-electron chi connectivity index (χ1n) is 9.01. The number of nitrogens with one attached hydrogen (secondary N) is 2. The first-order chi connectivity index (χ1) is 13.1. The van der Waals surface area contributed by atoms with Crippen LogP contribution in [0.4, 0.5) is 5.95 Å². The molecule has 0 radical (unpaired) electrons. The standard InChI is InChI=1S/C19H26ClN5O3/c1-7-27-14-9-12(8-13(20)15(14)28-11(2)3)10-21-24-18-22-17(26)16(23-25-18)19(4,5)6/h8-11H,7H2,1-6H3,(H2,22,24,25,26)/b21-10+. The number of H-pyrrole nitrogens is 1. The molecule has 0 unspecified atom stereocenters. The van der Waals surface area contributed by atoms with E-state index in [1.807, 2.05) is 41.5 Å². The molecule has 2 rings (SSSR count). The Morgan fingerprint density at radius 1 is 1.32 bits per heavy atom. The molecule has 0 saturated heterocycles. The molecule has 0 saturated carbocycles. The lowest BCUT2D eigenvalue weighted by Gasteiger charge is -2.16. The van der Waals surface area contributed by atoms with Crippen molar-refractivity contribution in [1.29, 1.82) is 0 Å². The molecule has 0 bridgehead atoms. The molecule has 9 heteroatoms. The number of benzene rings is 1. The highest BCUT2D eigenvalue weighted by atomic mass is 35.5. The molecule has 0 aliphatic carbocycles. The number of nitrogens with zero attached hydrogens (tertiary/aromatic N) is 3. The van der Waals surface area contributed by atoms with Crippen LogP contribution in [0.5, 0.6) is 11.5 Å². The zero-order chi connectivity index (χ0) is 20.9. The lowest BCUT2D eigenvalue weighted by Crippen LogP contribution is -2.28. The van der Waals surface area contributed by atoms with Crippen LogP contribution >= 0.6 is 11.6 Å². The van der Waals surface area contributed by atoms with Crippen LogP contribution in [0, 0.1) is 0 Å². The topological polar surface area (TPSA) is 101 Å². The van der Waals surface area contributed by atoms with Crippen molar-refractivity contribution in [3.8, 4) is 11.5 Å². The van der Waals surface area contributed by atoms with Gasteiger partial charge >= 0.3 is 0 Å². The summed E-state index contributed by atoms with van der Waals surface area (Å²) in [6, 6.07) is 3.49. The van der Waals surface area contributed by atoms with Crippen molar-refractivity contribution < 1.29 is 9.47 Å². The summed E-state index contributed by atoms with van der Waals surface area (Å²) in [5.74, 6) is 1.18. The van der Waals surface area contributed by atoms with E-state index in [0.29, 0.717) is 34.4 Å². The van der Waals surface area contributed by atoms with E-state index in [1.165, 1.54) is 6.21 Å². The number of rotatable bonds is 7. The summed E-state index contributed by atoms with van der Waals surface area (Å²) in [6.45, 7) is 11.9. The molecule has 0 atom stereocenters. The number of hydrazone groups is 1. The lowest BCUT2D eigenvalue weighted by molar-refractivity contribution is 0.224. The van der Waals surface area contributed by atoms with Gasteiger partial charge in [-0.3, -0.25) is 9.78 Å². The smallest absolute Gasteiger partial charge is 0.274 e. The maximum Gasteiger partial charge on any atom is 0.274 e. The molecule has 0 aliphatic rings. The monoisotopic (exact) mass is 407 g/mol. The van der Waals surface area contributed by atoms with Crippen molar-refractivity contribution in [2.45, 2.75) is 53.1 Å². The summed E-state index contributed by atoms with van der Waals surface area (Å²) in [6.07, 6.45) is 1.50. The lowest BCUT2D eigenvalue weighted by atomic mass is 9.93. The highest BCUT2D eigenvalue weighted by Gasteiger charge is 2.20. The van der Waals surface area contributed by atoms with Gasteiger partial charge in [-0.25, -0.2) is 5.43 Å². The average molecular weight is 408 g/mol. The molecule has 2 aromatic rings. The molecule has 0 aliphatic heterocycles. The number of halogens is 1. The number of ether oxygens (including phenoxy) is 2. The van der Waals surface area contributed by atoms with Crippen LogP contribution in [-0.2, 0) is 5.41 Å². The molecule has 1 heterocycles. The summed E-state index contributed by atoms with van der Waals surface area (Å²) in [4.78, 5) is 14.7. The molecule has 28 heavy (non-hydrogen) atoms. The predicted octanol–water partition coefficient (Wildman–Crippen LogP) is 3.75. The minimum atomic E-state index is -0.394. The van der Waals surface area contributed by atoms with Crippen molar-refractivity contribution in [3.63, 3.8) is 0 Å². The third-order valence-corrected chi connectivity index (χ3v) is 3.76. The Kier molecular flexibility index (Phi) is 7.01. The van der Waals surface area contributed by atoms with Gasteiger partial charge in [0.05, 0.1) is 23.9 Å². The van der Waals surface area contributed by atoms with Gasteiger partial charge in [-0.2, -0.15) is 5.10 Å². The Labute approximate surface area is 169 Å². The van der Waals surface area contributed by atoms with Crippen LogP contribution in [0.2, 0.25) is 5.02 Å². The molecule has 152 valence electrons. The van der Waals surface area contributed by atoms with Gasteiger partial charge in [0.2, 0.25) is 5.95 Å². The third-order valence-electron chi connectivity index (χ3n) is 3.48. The van der Waals surface area contributed by atoms with Crippen molar-refractivity contribution in [2.75, 3.05) is 12.0 Å². The Balaban J connectivity index is 2.20. The van der Waals surface area contributed by atoms with Crippen LogP contribution in [-0.4, -0.2) is 34.1 Å². The third kappa shape index (κ3) is 5.69. The maximum atomic E-state index is 12.1. The van der Waals surface area contributed by atoms with E-state index in [2.05, 4.69) is 25.7 Å². The minimum Gasteiger partial charge on any atom is -0.490 e. The van der Waals surface area contributed by atoms with Crippen LogP contribution in [0.1, 0.15) is 52.8 Å². The molecule has 0 amide bonds. The van der Waals surface area contributed by atoms with Gasteiger partial charge in [-0.15, -0.1) is 10.2 Å². The second-order valence-electron chi connectivity index (χ2n) is 7.40. The molecule has 1 aromatic carbocycles. The quantitative estimate of drug-likeness (QED) is 0.535. The summed E-state index contributed by atoms with van der Waals surface area (Å²) in [5.41, 5.74) is 3.00. The fourth-order valence-electron chi connectivity index (χ4n) is 2.32. The van der Waals surface area contributed by atoms with Gasteiger partial charge in [-0.1, -0.05) is 32.4 Å². The molecular weight excluding hydrogens is 382 g/mol. The van der Waals surface area contributed by atoms with Gasteiger partial charge in [0.1, 0.15) is 5.69 Å². The minimum absolute atomic E-state index is 0.0376. The van der Waals surface area contributed by atoms with Crippen molar-refractivity contribution in [1.82, 2.24) is 15.2 Å². The molecule has 2 N–H and O–H groups in total. The summed E-state index contributed by atoms with van der Waals surface area (Å²) < 4.78 is 11.4. The van der Waals surface area contributed by atoms with Crippen LogP contribution in [0.15, 0.2) is 22.0 Å². The van der Waals surface area contributed by atoms with E-state index in [-0.39, 0.29) is 17.6 Å². The van der Waals surface area contributed by atoms with Crippen molar-refractivity contribution in [3.05, 3.63) is 38.8 Å². The summed E-state index contributed by atoms with van der Waals surface area (Å²) >= 11 is 6.33. The number of hydrogen-bond acceptors (Lipinski definition) is 7. The highest BCUT2D eigenvalue weighted by molar-refractivity contribution is 6.32. The number of aromatic amines is 1. The number of anilines is 1. The predicted molar refractivity (Wildman–Crippen MR) is 111 cm³/mol. The molecule has 0 spiro atoms. The second-order valence-corrected chi connectivity index (χ2v) is 7.81. The molecule has 1 aromatic heterocycles. The molecule has 0 fully saturated rings. The zero-order valence-corrected chi connectivity index (χ0v) is 17.7. The SMILES string of the molecule is CCOc1cc(/C=N/Nc2nnc(C(C)(C)C)c(=O)[nH]2)cc(Cl)c1OC(C)C. The van der Waals surface area contributed by atoms with Crippen LogP contribution < -0.4 is 20.5 Å². The first-order valence-corrected chi connectivity index (χ1v) is 9.39. The van der Waals surface area contributed by atoms with E-state index >= 15 is 0 Å². The zero-order valence-electron chi connectivity index (χ0n) is 17.0. The highest BCUT2D eigenvalue weighted by Crippen LogP contribution is 2.37. The van der Waals surface area contributed by atoms with E-state index in [4.69, 9.17) is 21.1 Å². The summed E-state index contributed by atoms with van der Waals surface area (Å²) in [7, 11) is 0. The fourth-order valence-corrected chi connectivity index (χ4v) is 2.59. The Hall–Kier alpha value is -2.61. The number of hydrogen-bond donors (Lipinski definition) is 2. The normalized spacial score (nSPS) is 11.9. The Bertz CT molecular complexity index is 903. The Morgan fingerprint density at radius 3 is 2.61 bits per heavy atom. The molecule has 8 nitrogen and oxygen atoms in total. The van der Waals surface area contributed by atoms with Gasteiger partial charge in [0.15, 0.2) is 11.5 Å². The largest absolute Gasteiger partial charge is 0.490 e. The Morgan fingerprint density at radius 2 is 2.04 bits per heavy atom. The van der Waals surface area contributed by atoms with E-state index < -0.39 is 5.41 Å². The maximum absolute atomic E-state index is 12.1. The van der Waals surface area contributed by atoms with E-state index in [9.17, 15) is 4.79 Å². The molecular formula is C19H26ClN5O3. The fraction of sp³-hybridized carbons (Fsp3) is 0.474. The van der Waals surface area contributed by atoms with Gasteiger partial charge in [0, 0.05) is 5.41 Å². The van der Waals surface area contributed by atoms with Crippen molar-refractivity contribution in [2.24, 2.45) is 5.10 Å². The first kappa shape index (κ1) is 21.7. The van der Waals surface area contributed by atoms with Gasteiger partial charge in [-0.05, 0) is 38.5 Å². The van der Waals surface area contributed by atoms with Gasteiger partial charge in [0.25, 0.3) is 5.56 Å². The second kappa shape index (κ2) is 9.05. The van der Waals surface area contributed by atoms with E-state index in [0.717, 1.165) is 0 Å². The summed E-state index contributed by atoms with van der Waals surface area (Å²) in [5, 5.41) is 12.4. The van der Waals surface area contributed by atoms with Crippen LogP contribution in [0.3, 0.4) is 0 Å². The van der Waals surface area contributed by atoms with Crippen molar-refractivity contribution >= 4 is 23.8 Å². The van der Waals surface area contributed by atoms with Gasteiger partial charge < -0.3 is 9.47 Å². The van der Waals surface area contributed by atoms with E-state index in [1.54, 1.807) is 12.1 Å².